The number of benzene rings is 3. The van der Waals surface area contributed by atoms with Gasteiger partial charge in [0, 0.05) is 6.54 Å². The van der Waals surface area contributed by atoms with Crippen molar-refractivity contribution in [2.24, 2.45) is 0 Å². The highest BCUT2D eigenvalue weighted by atomic mass is 16.2. The first-order valence-corrected chi connectivity index (χ1v) is 9.39. The number of nitrogens with zero attached hydrogens (tertiary/aromatic N) is 1. The van der Waals surface area contributed by atoms with E-state index in [-0.39, 0.29) is 17.9 Å². The van der Waals surface area contributed by atoms with Gasteiger partial charge < -0.3 is 10.6 Å². The van der Waals surface area contributed by atoms with Crippen molar-refractivity contribution in [2.45, 2.75) is 12.5 Å². The molecule has 1 unspecified atom stereocenters. The highest BCUT2D eigenvalue weighted by molar-refractivity contribution is 6.34. The Morgan fingerprint density at radius 2 is 1.36 bits per heavy atom. The van der Waals surface area contributed by atoms with E-state index in [9.17, 15) is 9.59 Å². The van der Waals surface area contributed by atoms with Gasteiger partial charge in [0.05, 0.1) is 34.2 Å². The van der Waals surface area contributed by atoms with Crippen molar-refractivity contribution in [3.05, 3.63) is 89.5 Å². The number of hydrogen-bond acceptors (Lipinski definition) is 4. The number of carbonyl (C=O) groups excluding carboxylic acids is 2. The lowest BCUT2D eigenvalue weighted by Crippen LogP contribution is -2.29. The van der Waals surface area contributed by atoms with E-state index in [1.54, 1.807) is 24.3 Å². The molecule has 0 saturated carbocycles. The molecule has 2 amide bonds. The molecule has 28 heavy (non-hydrogen) atoms. The van der Waals surface area contributed by atoms with Crippen LogP contribution < -0.4 is 15.5 Å². The summed E-state index contributed by atoms with van der Waals surface area (Å²) < 4.78 is 0. The van der Waals surface area contributed by atoms with Crippen molar-refractivity contribution in [1.82, 2.24) is 0 Å². The molecule has 138 valence electrons. The maximum absolute atomic E-state index is 12.7. The van der Waals surface area contributed by atoms with E-state index in [1.807, 2.05) is 36.4 Å². The largest absolute Gasteiger partial charge is 0.383 e. The van der Waals surface area contributed by atoms with Crippen molar-refractivity contribution in [2.75, 3.05) is 22.1 Å². The molecule has 0 aromatic heterocycles. The average Bonchev–Trinajstić information content (AvgIpc) is 2.88. The lowest BCUT2D eigenvalue weighted by molar-refractivity contribution is 0.0926. The molecule has 5 rings (SSSR count). The monoisotopic (exact) mass is 369 g/mol. The quantitative estimate of drug-likeness (QED) is 0.655. The highest BCUT2D eigenvalue weighted by Crippen LogP contribution is 2.33. The fourth-order valence-corrected chi connectivity index (χ4v) is 3.90. The van der Waals surface area contributed by atoms with Crippen LogP contribution in [0.5, 0.6) is 0 Å². The van der Waals surface area contributed by atoms with Gasteiger partial charge in [0.1, 0.15) is 0 Å². The van der Waals surface area contributed by atoms with Gasteiger partial charge in [-0.1, -0.05) is 36.4 Å². The fraction of sp³-hybridized carbons (Fsp3) is 0.130. The molecule has 5 nitrogen and oxygen atoms in total. The van der Waals surface area contributed by atoms with E-state index in [1.165, 1.54) is 4.90 Å². The van der Waals surface area contributed by atoms with Crippen molar-refractivity contribution in [3.63, 3.8) is 0 Å². The van der Waals surface area contributed by atoms with Gasteiger partial charge in [0.25, 0.3) is 11.8 Å². The second-order valence-corrected chi connectivity index (χ2v) is 7.04. The first-order valence-electron chi connectivity index (χ1n) is 9.39. The van der Waals surface area contributed by atoms with Crippen LogP contribution in [-0.2, 0) is 0 Å². The molecule has 0 radical (unpaired) electrons. The summed E-state index contributed by atoms with van der Waals surface area (Å²) in [5.74, 6) is -0.530. The first-order chi connectivity index (χ1) is 13.7. The molecule has 0 saturated heterocycles. The van der Waals surface area contributed by atoms with Crippen LogP contribution in [0.3, 0.4) is 0 Å². The number of hydrogen-bond donors (Lipinski definition) is 2. The van der Waals surface area contributed by atoms with Gasteiger partial charge >= 0.3 is 0 Å². The normalized spacial score (nSPS) is 18.0. The Labute approximate surface area is 163 Å². The molecule has 0 bridgehead atoms. The van der Waals surface area contributed by atoms with Crippen molar-refractivity contribution >= 4 is 28.9 Å². The van der Waals surface area contributed by atoms with Gasteiger partial charge in [-0.2, -0.15) is 0 Å². The number of para-hydroxylation sites is 2. The van der Waals surface area contributed by atoms with Crippen molar-refractivity contribution < 1.29 is 9.59 Å². The molecular formula is C23H19N3O2. The van der Waals surface area contributed by atoms with Crippen LogP contribution in [0, 0.1) is 0 Å². The smallest absolute Gasteiger partial charge is 0.266 e. The molecule has 2 heterocycles. The predicted octanol–water partition coefficient (Wildman–Crippen LogP) is 4.46. The van der Waals surface area contributed by atoms with Crippen LogP contribution in [0.1, 0.15) is 38.7 Å². The molecule has 0 fully saturated rings. The fourth-order valence-electron chi connectivity index (χ4n) is 3.90. The van der Waals surface area contributed by atoms with Gasteiger partial charge in [-0.05, 0) is 48.4 Å². The molecule has 1 atom stereocenters. The first kappa shape index (κ1) is 16.6. The van der Waals surface area contributed by atoms with Crippen LogP contribution in [0.2, 0.25) is 0 Å². The third kappa shape index (κ3) is 2.63. The third-order valence-corrected chi connectivity index (χ3v) is 5.35. The van der Waals surface area contributed by atoms with Crippen LogP contribution in [0.15, 0.2) is 72.8 Å². The summed E-state index contributed by atoms with van der Waals surface area (Å²) in [6.07, 6.45) is 0.932. The van der Waals surface area contributed by atoms with Gasteiger partial charge in [-0.25, -0.2) is 4.90 Å². The Bertz CT molecular complexity index is 1040. The Hall–Kier alpha value is -3.60. The molecule has 2 aliphatic rings. The number of fused-ring (bicyclic) bond motifs is 2. The maximum atomic E-state index is 12.7. The van der Waals surface area contributed by atoms with Crippen LogP contribution in [0.4, 0.5) is 17.1 Å². The van der Waals surface area contributed by atoms with Crippen molar-refractivity contribution in [3.8, 4) is 0 Å². The van der Waals surface area contributed by atoms with Gasteiger partial charge in [-0.3, -0.25) is 9.59 Å². The zero-order valence-electron chi connectivity index (χ0n) is 15.2. The molecule has 3 aromatic carbocycles. The van der Waals surface area contributed by atoms with E-state index in [2.05, 4.69) is 22.8 Å². The number of anilines is 3. The standard InChI is InChI=1S/C23H19N3O2/c27-22-17-5-1-2-6-18(17)23(28)26(22)16-11-9-15(10-12-16)19-13-14-24-20-7-3-4-8-21(20)25-19/h1-12,19,24-25H,13-14H2. The Morgan fingerprint density at radius 3 is 2.04 bits per heavy atom. The summed E-state index contributed by atoms with van der Waals surface area (Å²) in [4.78, 5) is 26.6. The Balaban J connectivity index is 1.41. The summed E-state index contributed by atoms with van der Waals surface area (Å²) in [5.41, 5.74) is 4.83. The SMILES string of the molecule is O=C1c2ccccc2C(=O)N1c1ccc(C2CCNc3ccccc3N2)cc1. The number of nitrogens with one attached hydrogen (secondary N) is 2. The van der Waals surface area contributed by atoms with Crippen LogP contribution in [-0.4, -0.2) is 18.4 Å². The Kier molecular flexibility index (Phi) is 3.86. The maximum Gasteiger partial charge on any atom is 0.266 e. The molecule has 5 heteroatoms. The molecule has 2 N–H and O–H groups in total. The van der Waals surface area contributed by atoms with E-state index in [0.29, 0.717) is 16.8 Å². The van der Waals surface area contributed by atoms with Crippen molar-refractivity contribution in [1.29, 1.82) is 0 Å². The minimum absolute atomic E-state index is 0.160. The number of rotatable bonds is 2. The summed E-state index contributed by atoms with van der Waals surface area (Å²) in [5, 5.41) is 7.03. The molecule has 2 aliphatic heterocycles. The lowest BCUT2D eigenvalue weighted by Gasteiger charge is -2.20. The molecular weight excluding hydrogens is 350 g/mol. The average molecular weight is 369 g/mol. The molecule has 3 aromatic rings. The Morgan fingerprint density at radius 1 is 0.750 bits per heavy atom. The number of carbonyl (C=O) groups is 2. The van der Waals surface area contributed by atoms with Gasteiger partial charge in [0.2, 0.25) is 0 Å². The summed E-state index contributed by atoms with van der Waals surface area (Å²) in [7, 11) is 0. The second-order valence-electron chi connectivity index (χ2n) is 7.04. The topological polar surface area (TPSA) is 61.4 Å². The zero-order valence-corrected chi connectivity index (χ0v) is 15.2. The summed E-state index contributed by atoms with van der Waals surface area (Å²) >= 11 is 0. The van der Waals surface area contributed by atoms with E-state index < -0.39 is 0 Å². The predicted molar refractivity (Wildman–Crippen MR) is 110 cm³/mol. The summed E-state index contributed by atoms with van der Waals surface area (Å²) in [6, 6.07) is 23.0. The number of imide groups is 1. The minimum atomic E-state index is -0.265. The summed E-state index contributed by atoms with van der Waals surface area (Å²) in [6.45, 7) is 0.870. The minimum Gasteiger partial charge on any atom is -0.383 e. The van der Waals surface area contributed by atoms with Crippen LogP contribution >= 0.6 is 0 Å². The molecule has 0 aliphatic carbocycles. The zero-order chi connectivity index (χ0) is 19.1. The van der Waals surface area contributed by atoms with Crippen LogP contribution in [0.25, 0.3) is 0 Å². The van der Waals surface area contributed by atoms with Gasteiger partial charge in [0.15, 0.2) is 0 Å². The third-order valence-electron chi connectivity index (χ3n) is 5.35. The second kappa shape index (κ2) is 6.53. The van der Waals surface area contributed by atoms with Gasteiger partial charge in [-0.15, -0.1) is 0 Å². The van der Waals surface area contributed by atoms with E-state index in [0.717, 1.165) is 29.9 Å². The van der Waals surface area contributed by atoms with E-state index >= 15 is 0 Å². The molecule has 0 spiro atoms. The highest BCUT2D eigenvalue weighted by Gasteiger charge is 2.36. The lowest BCUT2D eigenvalue weighted by atomic mass is 10.0. The number of amides is 2. The van der Waals surface area contributed by atoms with E-state index in [4.69, 9.17) is 0 Å².